The number of fused-ring (bicyclic) bond motifs is 1. The Balaban J connectivity index is 1.88. The number of anilines is 1. The van der Waals surface area contributed by atoms with Crippen LogP contribution in [0.1, 0.15) is 38.0 Å². The lowest BCUT2D eigenvalue weighted by Gasteiger charge is -2.39. The van der Waals surface area contributed by atoms with Gasteiger partial charge < -0.3 is 24.8 Å². The molecule has 158 valence electrons. The number of carboxylic acids is 1. The van der Waals surface area contributed by atoms with Crippen LogP contribution in [0.25, 0.3) is 0 Å². The number of ether oxygens (including phenoxy) is 2. The van der Waals surface area contributed by atoms with E-state index in [1.165, 1.54) is 14.2 Å². The van der Waals surface area contributed by atoms with Gasteiger partial charge in [0.15, 0.2) is 11.5 Å². The van der Waals surface area contributed by atoms with Gasteiger partial charge in [0.25, 0.3) is 5.91 Å². The van der Waals surface area contributed by atoms with E-state index in [4.69, 9.17) is 9.47 Å². The van der Waals surface area contributed by atoms with Crippen LogP contribution in [-0.2, 0) is 6.54 Å². The van der Waals surface area contributed by atoms with Crippen LogP contribution in [0.5, 0.6) is 11.5 Å². The molecule has 0 spiro atoms. The third kappa shape index (κ3) is 3.66. The quantitative estimate of drug-likeness (QED) is 0.625. The van der Waals surface area contributed by atoms with Gasteiger partial charge in [-0.2, -0.15) is 0 Å². The van der Waals surface area contributed by atoms with Crippen molar-refractivity contribution in [1.82, 2.24) is 4.90 Å². The first kappa shape index (κ1) is 20.3. The molecule has 1 atom stereocenters. The highest BCUT2D eigenvalue weighted by Gasteiger charge is 2.36. The van der Waals surface area contributed by atoms with E-state index in [-0.39, 0.29) is 17.2 Å². The number of nitrogens with one attached hydrogen (secondary N) is 1. The third-order valence-electron chi connectivity index (χ3n) is 5.30. The highest BCUT2D eigenvalue weighted by molar-refractivity contribution is 6.02. The lowest BCUT2D eigenvalue weighted by molar-refractivity contribution is 0.0640. The predicted molar refractivity (Wildman–Crippen MR) is 116 cm³/mol. The standard InChI is InChI=1S/C24H22N2O5/c1-30-19-13-12-17(20(24(28)29)21(19)31-2)22-25-18-11-7-6-10-16(18)23(27)26(22)14-15-8-4-3-5-9-15/h3-13,22,25H,14H2,1-2H3,(H,28,29)/t22-/m0/s1. The van der Waals surface area contributed by atoms with E-state index in [1.54, 1.807) is 35.2 Å². The number of carbonyl (C=O) groups is 2. The van der Waals surface area contributed by atoms with Crippen LogP contribution in [0.15, 0.2) is 66.7 Å². The van der Waals surface area contributed by atoms with Gasteiger partial charge in [-0.15, -0.1) is 0 Å². The molecule has 0 saturated carbocycles. The molecule has 0 saturated heterocycles. The summed E-state index contributed by atoms with van der Waals surface area (Å²) in [6.45, 7) is 0.305. The Labute approximate surface area is 179 Å². The minimum Gasteiger partial charge on any atom is -0.493 e. The molecular formula is C24H22N2O5. The summed E-state index contributed by atoms with van der Waals surface area (Å²) in [7, 11) is 2.84. The lowest BCUT2D eigenvalue weighted by Crippen LogP contribution is -2.43. The van der Waals surface area contributed by atoms with Gasteiger partial charge in [-0.3, -0.25) is 4.79 Å². The Hall–Kier alpha value is -4.00. The molecular weight excluding hydrogens is 396 g/mol. The number of carboxylic acid groups (broad SMARTS) is 1. The maximum Gasteiger partial charge on any atom is 0.340 e. The van der Waals surface area contributed by atoms with Crippen molar-refractivity contribution in [2.75, 3.05) is 19.5 Å². The number of rotatable bonds is 6. The highest BCUT2D eigenvalue weighted by Crippen LogP contribution is 2.41. The molecule has 0 aliphatic carbocycles. The van der Waals surface area contributed by atoms with Crippen LogP contribution in [-0.4, -0.2) is 36.1 Å². The van der Waals surface area contributed by atoms with Crippen LogP contribution in [0.2, 0.25) is 0 Å². The highest BCUT2D eigenvalue weighted by atomic mass is 16.5. The number of aromatic carboxylic acids is 1. The SMILES string of the molecule is COc1ccc([C@H]2Nc3ccccc3C(=O)N2Cc2ccccc2)c(C(=O)O)c1OC. The van der Waals surface area contributed by atoms with Crippen molar-refractivity contribution in [3.05, 3.63) is 89.0 Å². The number of benzene rings is 3. The fourth-order valence-corrected chi connectivity index (χ4v) is 3.87. The number of hydrogen-bond donors (Lipinski definition) is 2. The lowest BCUT2D eigenvalue weighted by atomic mass is 9.97. The van der Waals surface area contributed by atoms with E-state index in [0.29, 0.717) is 29.1 Å². The first-order valence-electron chi connectivity index (χ1n) is 9.73. The Bertz CT molecular complexity index is 1130. The fourth-order valence-electron chi connectivity index (χ4n) is 3.87. The second kappa shape index (κ2) is 8.39. The summed E-state index contributed by atoms with van der Waals surface area (Å²) in [5.41, 5.74) is 2.47. The van der Waals surface area contributed by atoms with Gasteiger partial charge in [-0.25, -0.2) is 4.79 Å². The van der Waals surface area contributed by atoms with E-state index >= 15 is 0 Å². The van der Waals surface area contributed by atoms with Gasteiger partial charge in [0.05, 0.1) is 19.8 Å². The third-order valence-corrected chi connectivity index (χ3v) is 5.30. The van der Waals surface area contributed by atoms with Crippen molar-refractivity contribution >= 4 is 17.6 Å². The van der Waals surface area contributed by atoms with E-state index in [2.05, 4.69) is 5.32 Å². The average molecular weight is 418 g/mol. The molecule has 3 aromatic carbocycles. The summed E-state index contributed by atoms with van der Waals surface area (Å²) in [6, 6.07) is 20.1. The van der Waals surface area contributed by atoms with E-state index in [1.807, 2.05) is 36.4 Å². The van der Waals surface area contributed by atoms with E-state index in [9.17, 15) is 14.7 Å². The van der Waals surface area contributed by atoms with Crippen LogP contribution < -0.4 is 14.8 Å². The van der Waals surface area contributed by atoms with Crippen LogP contribution in [0, 0.1) is 0 Å². The Morgan fingerprint density at radius 3 is 2.39 bits per heavy atom. The smallest absolute Gasteiger partial charge is 0.340 e. The monoisotopic (exact) mass is 418 g/mol. The largest absolute Gasteiger partial charge is 0.493 e. The molecule has 0 bridgehead atoms. The van der Waals surface area contributed by atoms with Gasteiger partial charge in [0.1, 0.15) is 11.7 Å². The van der Waals surface area contributed by atoms with Gasteiger partial charge in [-0.05, 0) is 23.8 Å². The van der Waals surface area contributed by atoms with E-state index in [0.717, 1.165) is 5.56 Å². The van der Waals surface area contributed by atoms with Crippen LogP contribution in [0.3, 0.4) is 0 Å². The molecule has 4 rings (SSSR count). The maximum absolute atomic E-state index is 13.4. The summed E-state index contributed by atoms with van der Waals surface area (Å²) >= 11 is 0. The Kier molecular flexibility index (Phi) is 5.49. The Morgan fingerprint density at radius 1 is 1.00 bits per heavy atom. The summed E-state index contributed by atoms with van der Waals surface area (Å²) in [5.74, 6) is -0.936. The molecule has 0 fully saturated rings. The van der Waals surface area contributed by atoms with Crippen LogP contribution >= 0.6 is 0 Å². The van der Waals surface area contributed by atoms with Gasteiger partial charge in [-0.1, -0.05) is 48.5 Å². The molecule has 0 aromatic heterocycles. The van der Waals surface area contributed by atoms with Gasteiger partial charge in [0.2, 0.25) is 0 Å². The maximum atomic E-state index is 13.4. The molecule has 0 unspecified atom stereocenters. The van der Waals surface area contributed by atoms with Crippen molar-refractivity contribution in [1.29, 1.82) is 0 Å². The molecule has 1 amide bonds. The van der Waals surface area contributed by atoms with Crippen molar-refractivity contribution in [3.8, 4) is 11.5 Å². The topological polar surface area (TPSA) is 88.1 Å². The molecule has 31 heavy (non-hydrogen) atoms. The summed E-state index contributed by atoms with van der Waals surface area (Å²) in [4.78, 5) is 27.3. The van der Waals surface area contributed by atoms with Crippen molar-refractivity contribution in [2.45, 2.75) is 12.7 Å². The van der Waals surface area contributed by atoms with Crippen molar-refractivity contribution in [3.63, 3.8) is 0 Å². The number of hydrogen-bond acceptors (Lipinski definition) is 5. The van der Waals surface area contributed by atoms with Crippen molar-refractivity contribution < 1.29 is 24.2 Å². The molecule has 3 aromatic rings. The van der Waals surface area contributed by atoms with Crippen molar-refractivity contribution in [2.24, 2.45) is 0 Å². The second-order valence-corrected chi connectivity index (χ2v) is 7.08. The fraction of sp³-hybridized carbons (Fsp3) is 0.167. The minimum absolute atomic E-state index is 0.0513. The summed E-state index contributed by atoms with van der Waals surface area (Å²) in [5, 5.41) is 13.3. The zero-order valence-corrected chi connectivity index (χ0v) is 17.2. The zero-order valence-electron chi connectivity index (χ0n) is 17.2. The molecule has 1 heterocycles. The summed E-state index contributed by atoms with van der Waals surface area (Å²) < 4.78 is 10.7. The van der Waals surface area contributed by atoms with Gasteiger partial charge in [0, 0.05) is 17.8 Å². The first-order chi connectivity index (χ1) is 15.0. The Morgan fingerprint density at radius 2 is 1.71 bits per heavy atom. The molecule has 1 aliphatic heterocycles. The first-order valence-corrected chi connectivity index (χ1v) is 9.73. The number of para-hydroxylation sites is 1. The van der Waals surface area contributed by atoms with Crippen LogP contribution in [0.4, 0.5) is 5.69 Å². The summed E-state index contributed by atoms with van der Waals surface area (Å²) in [6.07, 6.45) is -0.714. The molecule has 2 N–H and O–H groups in total. The molecule has 7 nitrogen and oxygen atoms in total. The normalized spacial score (nSPS) is 15.1. The number of methoxy groups -OCH3 is 2. The minimum atomic E-state index is -1.17. The molecule has 0 radical (unpaired) electrons. The average Bonchev–Trinajstić information content (AvgIpc) is 2.80. The predicted octanol–water partition coefficient (Wildman–Crippen LogP) is 4.17. The number of amides is 1. The molecule has 1 aliphatic rings. The van der Waals surface area contributed by atoms with Gasteiger partial charge >= 0.3 is 5.97 Å². The molecule has 7 heteroatoms. The second-order valence-electron chi connectivity index (χ2n) is 7.08. The zero-order chi connectivity index (χ0) is 22.0. The van der Waals surface area contributed by atoms with E-state index < -0.39 is 12.1 Å². The number of nitrogens with zero attached hydrogens (tertiary/aromatic N) is 1. The number of carbonyl (C=O) groups excluding carboxylic acids is 1.